The molecular weight excluding hydrogens is 262 g/mol. The molecule has 0 saturated heterocycles. The lowest BCUT2D eigenvalue weighted by Crippen LogP contribution is -2.12. The fourth-order valence-electron chi connectivity index (χ4n) is 1.78. The van der Waals surface area contributed by atoms with Gasteiger partial charge in [-0.15, -0.1) is 0 Å². The summed E-state index contributed by atoms with van der Waals surface area (Å²) >= 11 is 0. The molecule has 0 radical (unpaired) electrons. The Bertz CT molecular complexity index is 449. The minimum atomic E-state index is -0.0424. The molecule has 1 amide bonds. The number of ether oxygens (including phenoxy) is 4. The van der Waals surface area contributed by atoms with Crippen LogP contribution in [0.3, 0.4) is 0 Å². The van der Waals surface area contributed by atoms with Crippen molar-refractivity contribution in [1.29, 1.82) is 0 Å². The molecule has 2 rings (SSSR count). The lowest BCUT2D eigenvalue weighted by molar-refractivity contribution is -0.116. The number of methoxy groups -OCH3 is 1. The molecule has 110 valence electrons. The van der Waals surface area contributed by atoms with Crippen LogP contribution in [0, 0.1) is 0 Å². The van der Waals surface area contributed by atoms with Crippen LogP contribution in [0.2, 0.25) is 0 Å². The standard InChI is InChI=1S/C14H19NO5/c1-17-7-8-18-6-2-3-14(16)15-11-4-5-12-13(9-11)20-10-19-12/h4-5,9H,2-3,6-8,10H2,1H3,(H,15,16). The highest BCUT2D eigenvalue weighted by Crippen LogP contribution is 2.34. The molecule has 0 aromatic heterocycles. The smallest absolute Gasteiger partial charge is 0.231 e. The van der Waals surface area contributed by atoms with E-state index in [0.717, 1.165) is 0 Å². The highest BCUT2D eigenvalue weighted by molar-refractivity contribution is 5.91. The van der Waals surface area contributed by atoms with Crippen LogP contribution in [-0.2, 0) is 14.3 Å². The summed E-state index contributed by atoms with van der Waals surface area (Å²) in [6.07, 6.45) is 1.10. The fraction of sp³-hybridized carbons (Fsp3) is 0.500. The first-order valence-corrected chi connectivity index (χ1v) is 6.56. The molecule has 0 spiro atoms. The van der Waals surface area contributed by atoms with Gasteiger partial charge in [-0.1, -0.05) is 0 Å². The predicted molar refractivity (Wildman–Crippen MR) is 73.1 cm³/mol. The van der Waals surface area contributed by atoms with Crippen molar-refractivity contribution in [2.45, 2.75) is 12.8 Å². The Balaban J connectivity index is 1.67. The van der Waals surface area contributed by atoms with Gasteiger partial charge in [0.05, 0.1) is 13.2 Å². The van der Waals surface area contributed by atoms with Gasteiger partial charge < -0.3 is 24.3 Å². The van der Waals surface area contributed by atoms with E-state index in [1.807, 2.05) is 0 Å². The van der Waals surface area contributed by atoms with Crippen molar-refractivity contribution in [2.24, 2.45) is 0 Å². The number of hydrogen-bond acceptors (Lipinski definition) is 5. The van der Waals surface area contributed by atoms with Crippen LogP contribution >= 0.6 is 0 Å². The first-order valence-electron chi connectivity index (χ1n) is 6.56. The number of anilines is 1. The lowest BCUT2D eigenvalue weighted by atomic mass is 10.2. The normalized spacial score (nSPS) is 12.4. The molecule has 6 nitrogen and oxygen atoms in total. The van der Waals surface area contributed by atoms with Crippen LogP contribution in [-0.4, -0.2) is 39.6 Å². The number of rotatable bonds is 8. The minimum absolute atomic E-state index is 0.0424. The summed E-state index contributed by atoms with van der Waals surface area (Å²) < 4.78 is 20.6. The van der Waals surface area contributed by atoms with Gasteiger partial charge in [0.15, 0.2) is 11.5 Å². The zero-order valence-corrected chi connectivity index (χ0v) is 11.5. The highest BCUT2D eigenvalue weighted by atomic mass is 16.7. The van der Waals surface area contributed by atoms with Gasteiger partial charge in [-0.2, -0.15) is 0 Å². The molecule has 0 unspecified atom stereocenters. The summed E-state index contributed by atoms with van der Waals surface area (Å²) in [5, 5.41) is 2.82. The Kier molecular flexibility index (Phi) is 5.64. The average molecular weight is 281 g/mol. The topological polar surface area (TPSA) is 66.0 Å². The summed E-state index contributed by atoms with van der Waals surface area (Å²) in [5.41, 5.74) is 0.708. The van der Waals surface area contributed by atoms with Crippen molar-refractivity contribution in [3.63, 3.8) is 0 Å². The van der Waals surface area contributed by atoms with Crippen molar-refractivity contribution in [3.05, 3.63) is 18.2 Å². The molecule has 1 aromatic rings. The zero-order chi connectivity index (χ0) is 14.2. The second kappa shape index (κ2) is 7.72. The highest BCUT2D eigenvalue weighted by Gasteiger charge is 2.13. The Labute approximate surface area is 118 Å². The van der Waals surface area contributed by atoms with Crippen molar-refractivity contribution < 1.29 is 23.7 Å². The van der Waals surface area contributed by atoms with E-state index in [1.165, 1.54) is 0 Å². The van der Waals surface area contributed by atoms with Gasteiger partial charge >= 0.3 is 0 Å². The van der Waals surface area contributed by atoms with Crippen LogP contribution in [0.15, 0.2) is 18.2 Å². The molecule has 1 aliphatic rings. The van der Waals surface area contributed by atoms with Gasteiger partial charge in [0.2, 0.25) is 12.7 Å². The van der Waals surface area contributed by atoms with Gasteiger partial charge in [0.1, 0.15) is 0 Å². The van der Waals surface area contributed by atoms with Crippen LogP contribution in [0.4, 0.5) is 5.69 Å². The molecule has 1 N–H and O–H groups in total. The molecular formula is C14H19NO5. The largest absolute Gasteiger partial charge is 0.454 e. The molecule has 1 aliphatic heterocycles. The predicted octanol–water partition coefficient (Wildman–Crippen LogP) is 1.80. The van der Waals surface area contributed by atoms with Crippen LogP contribution in [0.1, 0.15) is 12.8 Å². The number of carbonyl (C=O) groups excluding carboxylic acids is 1. The Morgan fingerprint density at radius 3 is 2.95 bits per heavy atom. The van der Waals surface area contributed by atoms with E-state index in [1.54, 1.807) is 25.3 Å². The van der Waals surface area contributed by atoms with Gasteiger partial charge in [0.25, 0.3) is 0 Å². The van der Waals surface area contributed by atoms with Crippen molar-refractivity contribution >= 4 is 11.6 Å². The third-order valence-electron chi connectivity index (χ3n) is 2.78. The maximum absolute atomic E-state index is 11.7. The minimum Gasteiger partial charge on any atom is -0.454 e. The monoisotopic (exact) mass is 281 g/mol. The first-order chi connectivity index (χ1) is 9.79. The summed E-state index contributed by atoms with van der Waals surface area (Å²) in [7, 11) is 1.63. The van der Waals surface area contributed by atoms with Gasteiger partial charge in [-0.05, 0) is 18.6 Å². The Morgan fingerprint density at radius 1 is 1.25 bits per heavy atom. The molecule has 0 saturated carbocycles. The maximum atomic E-state index is 11.7. The summed E-state index contributed by atoms with van der Waals surface area (Å²) in [6, 6.07) is 5.33. The van der Waals surface area contributed by atoms with E-state index >= 15 is 0 Å². The number of amides is 1. The first kappa shape index (κ1) is 14.6. The molecule has 1 heterocycles. The molecule has 6 heteroatoms. The molecule has 0 atom stereocenters. The second-order valence-electron chi connectivity index (χ2n) is 4.32. The number of nitrogens with one attached hydrogen (secondary N) is 1. The number of benzene rings is 1. The van der Waals surface area contributed by atoms with Crippen LogP contribution < -0.4 is 14.8 Å². The van der Waals surface area contributed by atoms with Gasteiger partial charge in [-0.25, -0.2) is 0 Å². The van der Waals surface area contributed by atoms with E-state index in [9.17, 15) is 4.79 Å². The molecule has 20 heavy (non-hydrogen) atoms. The summed E-state index contributed by atoms with van der Waals surface area (Å²) in [4.78, 5) is 11.7. The van der Waals surface area contributed by atoms with Crippen LogP contribution in [0.25, 0.3) is 0 Å². The van der Waals surface area contributed by atoms with Crippen molar-refractivity contribution in [2.75, 3.05) is 39.0 Å². The van der Waals surface area contributed by atoms with Crippen molar-refractivity contribution in [3.8, 4) is 11.5 Å². The maximum Gasteiger partial charge on any atom is 0.231 e. The van der Waals surface area contributed by atoms with E-state index in [2.05, 4.69) is 5.32 Å². The fourth-order valence-corrected chi connectivity index (χ4v) is 1.78. The summed E-state index contributed by atoms with van der Waals surface area (Å²) in [5.74, 6) is 1.32. The van der Waals surface area contributed by atoms with Gasteiger partial charge in [0, 0.05) is 31.9 Å². The zero-order valence-electron chi connectivity index (χ0n) is 11.5. The third kappa shape index (κ3) is 4.40. The third-order valence-corrected chi connectivity index (χ3v) is 2.78. The van der Waals surface area contributed by atoms with Crippen LogP contribution in [0.5, 0.6) is 11.5 Å². The van der Waals surface area contributed by atoms with Crippen molar-refractivity contribution in [1.82, 2.24) is 0 Å². The van der Waals surface area contributed by atoms with E-state index in [-0.39, 0.29) is 12.7 Å². The van der Waals surface area contributed by atoms with E-state index in [0.29, 0.717) is 49.8 Å². The Hall–Kier alpha value is -1.79. The number of carbonyl (C=O) groups is 1. The molecule has 0 fully saturated rings. The molecule has 0 bridgehead atoms. The molecule has 0 aliphatic carbocycles. The van der Waals surface area contributed by atoms with E-state index < -0.39 is 0 Å². The lowest BCUT2D eigenvalue weighted by Gasteiger charge is -2.06. The number of hydrogen-bond donors (Lipinski definition) is 1. The van der Waals surface area contributed by atoms with Gasteiger partial charge in [-0.3, -0.25) is 4.79 Å². The quantitative estimate of drug-likeness (QED) is 0.736. The van der Waals surface area contributed by atoms with E-state index in [4.69, 9.17) is 18.9 Å². The number of fused-ring (bicyclic) bond motifs is 1. The summed E-state index contributed by atoms with van der Waals surface area (Å²) in [6.45, 7) is 1.91. The molecule has 1 aromatic carbocycles. The second-order valence-corrected chi connectivity index (χ2v) is 4.32. The average Bonchev–Trinajstić information content (AvgIpc) is 2.90. The SMILES string of the molecule is COCCOCCCC(=O)Nc1ccc2c(c1)OCO2. The Morgan fingerprint density at radius 2 is 2.10 bits per heavy atom.